The maximum atomic E-state index is 12.9. The van der Waals surface area contributed by atoms with Crippen molar-refractivity contribution in [1.29, 1.82) is 0 Å². The van der Waals surface area contributed by atoms with Crippen LogP contribution in [-0.4, -0.2) is 28.6 Å². The molecule has 0 aliphatic carbocycles. The largest absolute Gasteiger partial charge is 0.478 e. The molecule has 6 nitrogen and oxygen atoms in total. The van der Waals surface area contributed by atoms with Gasteiger partial charge in [0.15, 0.2) is 5.78 Å². The van der Waals surface area contributed by atoms with Gasteiger partial charge in [0.05, 0.1) is 11.1 Å². The Labute approximate surface area is 155 Å². The number of esters is 1. The van der Waals surface area contributed by atoms with E-state index in [0.29, 0.717) is 5.56 Å². The number of carbonyl (C=O) groups excluding carboxylic acids is 3. The van der Waals surface area contributed by atoms with Crippen molar-refractivity contribution in [2.24, 2.45) is 11.8 Å². The maximum absolute atomic E-state index is 12.9. The van der Waals surface area contributed by atoms with E-state index in [-0.39, 0.29) is 35.7 Å². The van der Waals surface area contributed by atoms with Gasteiger partial charge in [-0.1, -0.05) is 24.3 Å². The van der Waals surface area contributed by atoms with Gasteiger partial charge in [-0.05, 0) is 49.1 Å². The summed E-state index contributed by atoms with van der Waals surface area (Å²) in [7, 11) is 0. The van der Waals surface area contributed by atoms with Crippen LogP contribution >= 0.6 is 0 Å². The van der Waals surface area contributed by atoms with Crippen LogP contribution in [0.25, 0.3) is 0 Å². The van der Waals surface area contributed by atoms with E-state index in [1.165, 1.54) is 19.1 Å². The molecule has 1 aliphatic heterocycles. The first-order valence-electron chi connectivity index (χ1n) is 8.53. The zero-order chi connectivity index (χ0) is 19.6. The molecule has 0 radical (unpaired) electrons. The van der Waals surface area contributed by atoms with E-state index in [1.807, 2.05) is 0 Å². The first-order chi connectivity index (χ1) is 12.9. The number of benzene rings is 2. The number of para-hydroxylation sites is 1. The van der Waals surface area contributed by atoms with Crippen molar-refractivity contribution < 1.29 is 29.0 Å². The van der Waals surface area contributed by atoms with Crippen LogP contribution < -0.4 is 4.74 Å². The van der Waals surface area contributed by atoms with Gasteiger partial charge in [0, 0.05) is 6.42 Å². The molecule has 0 aromatic heterocycles. The fourth-order valence-corrected chi connectivity index (χ4v) is 3.38. The SMILES string of the molecule is CC(=O)CC(Cc1ccc(C(=O)O)cc1)C1C(=O)Oc2ccccc2C1=O. The summed E-state index contributed by atoms with van der Waals surface area (Å²) in [4.78, 5) is 48.1. The lowest BCUT2D eigenvalue weighted by molar-refractivity contribution is -0.139. The normalized spacial score (nSPS) is 17.0. The molecule has 6 heteroatoms. The quantitative estimate of drug-likeness (QED) is 0.479. The average molecular weight is 366 g/mol. The van der Waals surface area contributed by atoms with E-state index in [4.69, 9.17) is 9.84 Å². The summed E-state index contributed by atoms with van der Waals surface area (Å²) in [6, 6.07) is 12.7. The Kier molecular flexibility index (Phi) is 5.16. The molecule has 2 aromatic rings. The molecule has 0 amide bonds. The third-order valence-corrected chi connectivity index (χ3v) is 4.62. The van der Waals surface area contributed by atoms with Gasteiger partial charge >= 0.3 is 11.9 Å². The zero-order valence-corrected chi connectivity index (χ0v) is 14.7. The maximum Gasteiger partial charge on any atom is 0.335 e. The van der Waals surface area contributed by atoms with Crippen LogP contribution in [0.4, 0.5) is 0 Å². The van der Waals surface area contributed by atoms with Crippen molar-refractivity contribution in [2.75, 3.05) is 0 Å². The predicted molar refractivity (Wildman–Crippen MR) is 95.8 cm³/mol. The van der Waals surface area contributed by atoms with E-state index in [9.17, 15) is 19.2 Å². The number of aromatic carboxylic acids is 1. The van der Waals surface area contributed by atoms with Gasteiger partial charge in [0.2, 0.25) is 0 Å². The Hall–Kier alpha value is -3.28. The lowest BCUT2D eigenvalue weighted by Gasteiger charge is -2.28. The van der Waals surface area contributed by atoms with Gasteiger partial charge in [-0.3, -0.25) is 9.59 Å². The van der Waals surface area contributed by atoms with Crippen molar-refractivity contribution in [1.82, 2.24) is 0 Å². The number of rotatable bonds is 6. The number of ether oxygens (including phenoxy) is 1. The lowest BCUT2D eigenvalue weighted by Crippen LogP contribution is -2.40. The van der Waals surface area contributed by atoms with Gasteiger partial charge in [-0.25, -0.2) is 4.79 Å². The third kappa shape index (κ3) is 3.95. The molecule has 0 saturated heterocycles. The van der Waals surface area contributed by atoms with Crippen LogP contribution in [0.5, 0.6) is 5.75 Å². The van der Waals surface area contributed by atoms with Gasteiger partial charge in [-0.15, -0.1) is 0 Å². The van der Waals surface area contributed by atoms with E-state index in [1.54, 1.807) is 36.4 Å². The summed E-state index contributed by atoms with van der Waals surface area (Å²) < 4.78 is 5.32. The van der Waals surface area contributed by atoms with Gasteiger partial charge < -0.3 is 14.6 Å². The molecule has 27 heavy (non-hydrogen) atoms. The smallest absolute Gasteiger partial charge is 0.335 e. The highest BCUT2D eigenvalue weighted by atomic mass is 16.5. The Morgan fingerprint density at radius 3 is 2.37 bits per heavy atom. The van der Waals surface area contributed by atoms with Crippen molar-refractivity contribution >= 4 is 23.5 Å². The Morgan fingerprint density at radius 2 is 1.74 bits per heavy atom. The summed E-state index contributed by atoms with van der Waals surface area (Å²) in [5.41, 5.74) is 1.21. The second kappa shape index (κ2) is 7.53. The minimum absolute atomic E-state index is 0.0500. The number of hydrogen-bond donors (Lipinski definition) is 1. The fraction of sp³-hybridized carbons (Fsp3) is 0.238. The highest BCUT2D eigenvalue weighted by molar-refractivity contribution is 6.13. The van der Waals surface area contributed by atoms with Crippen LogP contribution in [0.1, 0.15) is 39.6 Å². The fourth-order valence-electron chi connectivity index (χ4n) is 3.38. The molecule has 1 heterocycles. The van der Waals surface area contributed by atoms with E-state index in [2.05, 4.69) is 0 Å². The third-order valence-electron chi connectivity index (χ3n) is 4.62. The first-order valence-corrected chi connectivity index (χ1v) is 8.53. The Balaban J connectivity index is 1.90. The molecule has 2 atom stereocenters. The number of ketones is 2. The molecule has 0 bridgehead atoms. The highest BCUT2D eigenvalue weighted by Crippen LogP contribution is 2.34. The summed E-state index contributed by atoms with van der Waals surface area (Å²) in [5.74, 6) is -3.58. The van der Waals surface area contributed by atoms with Crippen LogP contribution in [0.15, 0.2) is 48.5 Å². The summed E-state index contributed by atoms with van der Waals surface area (Å²) in [6.45, 7) is 1.41. The average Bonchev–Trinajstić information content (AvgIpc) is 2.61. The summed E-state index contributed by atoms with van der Waals surface area (Å²) >= 11 is 0. The monoisotopic (exact) mass is 366 g/mol. The summed E-state index contributed by atoms with van der Waals surface area (Å²) in [5, 5.41) is 8.99. The second-order valence-electron chi connectivity index (χ2n) is 6.63. The minimum atomic E-state index is -1.07. The minimum Gasteiger partial charge on any atom is -0.478 e. The number of hydrogen-bond acceptors (Lipinski definition) is 5. The van der Waals surface area contributed by atoms with Gasteiger partial charge in [0.25, 0.3) is 0 Å². The molecule has 0 fully saturated rings. The molecule has 1 aliphatic rings. The summed E-state index contributed by atoms with van der Waals surface area (Å²) in [6.07, 6.45) is 0.335. The van der Waals surface area contributed by atoms with Crippen molar-refractivity contribution in [3.8, 4) is 5.75 Å². The number of Topliss-reactive ketones (excluding diaryl/α,β-unsaturated/α-hetero) is 2. The van der Waals surface area contributed by atoms with E-state index < -0.39 is 23.8 Å². The van der Waals surface area contributed by atoms with Crippen LogP contribution in [-0.2, 0) is 16.0 Å². The molecule has 1 N–H and O–H groups in total. The molecule has 3 rings (SSSR count). The Bertz CT molecular complexity index is 913. The van der Waals surface area contributed by atoms with E-state index in [0.717, 1.165) is 5.56 Å². The number of carboxylic acid groups (broad SMARTS) is 1. The van der Waals surface area contributed by atoms with Crippen LogP contribution in [0.2, 0.25) is 0 Å². The van der Waals surface area contributed by atoms with Gasteiger partial charge in [-0.2, -0.15) is 0 Å². The highest BCUT2D eigenvalue weighted by Gasteiger charge is 2.42. The number of carboxylic acids is 1. The lowest BCUT2D eigenvalue weighted by atomic mass is 9.78. The number of carbonyl (C=O) groups is 4. The molecule has 0 spiro atoms. The number of fused-ring (bicyclic) bond motifs is 1. The molecular formula is C21H18O6. The molecule has 2 unspecified atom stereocenters. The molecule has 0 saturated carbocycles. The second-order valence-corrected chi connectivity index (χ2v) is 6.63. The Morgan fingerprint density at radius 1 is 1.07 bits per heavy atom. The van der Waals surface area contributed by atoms with Crippen molar-refractivity contribution in [3.05, 3.63) is 65.2 Å². The molecular weight excluding hydrogens is 348 g/mol. The zero-order valence-electron chi connectivity index (χ0n) is 14.7. The van der Waals surface area contributed by atoms with Crippen molar-refractivity contribution in [2.45, 2.75) is 19.8 Å². The van der Waals surface area contributed by atoms with Crippen molar-refractivity contribution in [3.63, 3.8) is 0 Å². The first kappa shape index (κ1) is 18.5. The topological polar surface area (TPSA) is 97.7 Å². The molecule has 2 aromatic carbocycles. The predicted octanol–water partition coefficient (Wildman–Crippen LogP) is 2.94. The van der Waals surface area contributed by atoms with Crippen LogP contribution in [0.3, 0.4) is 0 Å². The standard InChI is InChI=1S/C21H18O6/c1-12(22)10-15(11-13-6-8-14(9-7-13)20(24)25)18-19(23)16-4-2-3-5-17(16)27-21(18)26/h2-9,15,18H,10-11H2,1H3,(H,24,25). The van der Waals surface area contributed by atoms with E-state index >= 15 is 0 Å². The molecule has 138 valence electrons. The van der Waals surface area contributed by atoms with Crippen LogP contribution in [0, 0.1) is 11.8 Å². The van der Waals surface area contributed by atoms with Gasteiger partial charge in [0.1, 0.15) is 17.5 Å².